The number of benzene rings is 3. The minimum atomic E-state index is -1.27. The number of Topliss-reactive ketones (excluding diaryl/α,β-unsaturated/α-hetero) is 1. The first-order valence-corrected chi connectivity index (χ1v) is 15.0. The number of esters is 2. The first-order chi connectivity index (χ1) is 21.3. The number of fused-ring (bicyclic) bond motifs is 2. The van der Waals surface area contributed by atoms with E-state index in [1.807, 2.05) is 72.6 Å². The molecule has 0 saturated carbocycles. The van der Waals surface area contributed by atoms with Gasteiger partial charge in [0, 0.05) is 17.2 Å². The van der Waals surface area contributed by atoms with Gasteiger partial charge in [0.05, 0.1) is 36.8 Å². The van der Waals surface area contributed by atoms with Gasteiger partial charge in [-0.05, 0) is 61.7 Å². The van der Waals surface area contributed by atoms with E-state index in [2.05, 4.69) is 5.32 Å². The maximum Gasteiger partial charge on any atom is 0.317 e. The highest BCUT2D eigenvalue weighted by Gasteiger charge is 2.59. The Bertz CT molecular complexity index is 1620. The minimum absolute atomic E-state index is 0.0792. The minimum Gasteiger partial charge on any atom is -0.508 e. The molecule has 0 radical (unpaired) electrons. The number of hydrogen-bond donors (Lipinski definition) is 2. The third-order valence-corrected chi connectivity index (χ3v) is 8.68. The summed E-state index contributed by atoms with van der Waals surface area (Å²) in [5.74, 6) is -5.06. The molecule has 0 aromatic heterocycles. The number of hydrogen-bond acceptors (Lipinski definition) is 9. The molecule has 3 aromatic rings. The predicted octanol–water partition coefficient (Wildman–Crippen LogP) is 4.90. The summed E-state index contributed by atoms with van der Waals surface area (Å²) in [5, 5.41) is 20.5. The van der Waals surface area contributed by atoms with Gasteiger partial charge in [-0.3, -0.25) is 19.7 Å². The molecule has 2 heterocycles. The summed E-state index contributed by atoms with van der Waals surface area (Å²) < 4.78 is 11.2. The number of anilines is 1. The van der Waals surface area contributed by atoms with Crippen molar-refractivity contribution in [1.29, 1.82) is 0 Å². The Morgan fingerprint density at radius 1 is 0.841 bits per heavy atom. The first kappa shape index (κ1) is 29.3. The van der Waals surface area contributed by atoms with Crippen molar-refractivity contribution in [3.05, 3.63) is 107 Å². The predicted molar refractivity (Wildman–Crippen MR) is 165 cm³/mol. The Balaban J connectivity index is 1.63. The Morgan fingerprint density at radius 3 is 2.05 bits per heavy atom. The van der Waals surface area contributed by atoms with E-state index in [9.17, 15) is 19.5 Å². The Labute approximate surface area is 256 Å². The van der Waals surface area contributed by atoms with Crippen molar-refractivity contribution in [2.45, 2.75) is 38.9 Å². The van der Waals surface area contributed by atoms with E-state index in [1.54, 1.807) is 38.1 Å². The molecular weight excluding hydrogens is 558 g/mol. The van der Waals surface area contributed by atoms with Crippen LogP contribution in [0.25, 0.3) is 0 Å². The van der Waals surface area contributed by atoms with Crippen molar-refractivity contribution in [1.82, 2.24) is 5.32 Å². The number of aromatic hydroxyl groups is 1. The molecule has 6 rings (SSSR count). The van der Waals surface area contributed by atoms with Crippen LogP contribution in [0, 0.1) is 17.8 Å². The zero-order valence-corrected chi connectivity index (χ0v) is 24.8. The standard InChI is InChI=1S/C35H35N3O6/c1-4-43-34(41)28-26(21-12-8-6-9-13-21)30(35(42)44-5-2)32(40)29-27(28)25-20(3)37-38(23-14-10-7-11-15-23)33(25)36-31(29)22-16-18-24(39)19-17-22/h6-19,25-26,28,30-31,33,36,39H,4-5H2,1-3H3/t25-,26-,28-,30+,31-,33+/m1/s1. The van der Waals surface area contributed by atoms with Crippen LogP contribution in [0.2, 0.25) is 0 Å². The van der Waals surface area contributed by atoms with Crippen LogP contribution < -0.4 is 10.3 Å². The van der Waals surface area contributed by atoms with Crippen LogP contribution in [0.15, 0.2) is 101 Å². The summed E-state index contributed by atoms with van der Waals surface area (Å²) in [5.41, 5.74) is 3.88. The van der Waals surface area contributed by atoms with E-state index in [-0.39, 0.29) is 19.0 Å². The summed E-state index contributed by atoms with van der Waals surface area (Å²) in [4.78, 5) is 42.7. The number of nitrogens with zero attached hydrogens (tertiary/aromatic N) is 2. The third-order valence-electron chi connectivity index (χ3n) is 8.68. The van der Waals surface area contributed by atoms with Crippen molar-refractivity contribution in [2.24, 2.45) is 22.9 Å². The number of carbonyl (C=O) groups is 3. The number of phenolic OH excluding ortho intramolecular Hbond substituents is 1. The summed E-state index contributed by atoms with van der Waals surface area (Å²) in [6.07, 6.45) is -0.449. The lowest BCUT2D eigenvalue weighted by molar-refractivity contribution is -0.156. The van der Waals surface area contributed by atoms with Crippen LogP contribution in [0.4, 0.5) is 5.69 Å². The molecule has 0 spiro atoms. The van der Waals surface area contributed by atoms with Gasteiger partial charge in [0.25, 0.3) is 0 Å². The molecule has 2 N–H and O–H groups in total. The van der Waals surface area contributed by atoms with Gasteiger partial charge < -0.3 is 14.6 Å². The van der Waals surface area contributed by atoms with Gasteiger partial charge >= 0.3 is 11.9 Å². The molecule has 9 nitrogen and oxygen atoms in total. The monoisotopic (exact) mass is 593 g/mol. The van der Waals surface area contributed by atoms with Gasteiger partial charge in [-0.1, -0.05) is 60.7 Å². The zero-order valence-electron chi connectivity index (χ0n) is 24.8. The number of ether oxygens (including phenoxy) is 2. The lowest BCUT2D eigenvalue weighted by atomic mass is 9.59. The van der Waals surface area contributed by atoms with E-state index in [4.69, 9.17) is 14.6 Å². The molecule has 0 bridgehead atoms. The lowest BCUT2D eigenvalue weighted by Gasteiger charge is -2.47. The van der Waals surface area contributed by atoms with Crippen molar-refractivity contribution in [2.75, 3.05) is 18.2 Å². The Morgan fingerprint density at radius 2 is 1.43 bits per heavy atom. The first-order valence-electron chi connectivity index (χ1n) is 15.0. The number of nitrogens with one attached hydrogen (secondary N) is 1. The second-order valence-corrected chi connectivity index (χ2v) is 11.2. The summed E-state index contributed by atoms with van der Waals surface area (Å²) in [7, 11) is 0. The molecule has 0 fully saturated rings. The van der Waals surface area contributed by atoms with Crippen LogP contribution in [0.1, 0.15) is 43.9 Å². The second-order valence-electron chi connectivity index (χ2n) is 11.2. The van der Waals surface area contributed by atoms with Gasteiger partial charge in [0.1, 0.15) is 17.8 Å². The Hall–Kier alpha value is -4.76. The largest absolute Gasteiger partial charge is 0.508 e. The van der Waals surface area contributed by atoms with E-state index >= 15 is 0 Å². The molecule has 2 aliphatic heterocycles. The molecule has 0 unspecified atom stereocenters. The fraction of sp³-hybridized carbons (Fsp3) is 0.314. The van der Waals surface area contributed by atoms with Gasteiger partial charge in [-0.15, -0.1) is 0 Å². The van der Waals surface area contributed by atoms with Gasteiger partial charge in [0.15, 0.2) is 5.78 Å². The molecule has 6 atom stereocenters. The molecule has 3 aromatic carbocycles. The highest BCUT2D eigenvalue weighted by molar-refractivity contribution is 6.14. The molecule has 0 saturated heterocycles. The summed E-state index contributed by atoms with van der Waals surface area (Å²) in [6, 6.07) is 24.8. The normalized spacial score (nSPS) is 26.0. The third kappa shape index (κ3) is 4.97. The van der Waals surface area contributed by atoms with Gasteiger partial charge in [-0.2, -0.15) is 5.10 Å². The van der Waals surface area contributed by atoms with Gasteiger partial charge in [-0.25, -0.2) is 5.01 Å². The Kier molecular flexibility index (Phi) is 8.05. The van der Waals surface area contributed by atoms with Crippen LogP contribution >= 0.6 is 0 Å². The van der Waals surface area contributed by atoms with Gasteiger partial charge in [0.2, 0.25) is 0 Å². The van der Waals surface area contributed by atoms with E-state index < -0.39 is 53.6 Å². The average molecular weight is 594 g/mol. The summed E-state index contributed by atoms with van der Waals surface area (Å²) in [6.45, 7) is 5.55. The zero-order chi connectivity index (χ0) is 31.0. The molecule has 9 heteroatoms. The van der Waals surface area contributed by atoms with E-state index in [0.29, 0.717) is 22.3 Å². The number of rotatable bonds is 7. The van der Waals surface area contributed by atoms with Crippen molar-refractivity contribution < 1.29 is 29.0 Å². The number of para-hydroxylation sites is 1. The van der Waals surface area contributed by atoms with Crippen LogP contribution in [0.3, 0.4) is 0 Å². The maximum absolute atomic E-state index is 14.8. The topological polar surface area (TPSA) is 118 Å². The smallest absolute Gasteiger partial charge is 0.317 e. The molecule has 3 aliphatic rings. The number of carbonyl (C=O) groups excluding carboxylic acids is 3. The average Bonchev–Trinajstić information content (AvgIpc) is 3.37. The van der Waals surface area contributed by atoms with Crippen LogP contribution in [0.5, 0.6) is 5.75 Å². The highest BCUT2D eigenvalue weighted by Crippen LogP contribution is 2.54. The number of hydrazone groups is 1. The van der Waals surface area contributed by atoms with Crippen LogP contribution in [-0.2, 0) is 23.9 Å². The van der Waals surface area contributed by atoms with Crippen molar-refractivity contribution >= 4 is 29.1 Å². The van der Waals surface area contributed by atoms with Crippen molar-refractivity contribution in [3.63, 3.8) is 0 Å². The van der Waals surface area contributed by atoms with Crippen LogP contribution in [-0.4, -0.2) is 47.9 Å². The highest BCUT2D eigenvalue weighted by atomic mass is 16.5. The molecular formula is C35H35N3O6. The molecule has 0 amide bonds. The number of phenols is 1. The number of ketones is 1. The fourth-order valence-corrected chi connectivity index (χ4v) is 6.96. The fourth-order valence-electron chi connectivity index (χ4n) is 6.96. The lowest BCUT2D eigenvalue weighted by Crippen LogP contribution is -2.57. The summed E-state index contributed by atoms with van der Waals surface area (Å²) >= 11 is 0. The van der Waals surface area contributed by atoms with E-state index in [0.717, 1.165) is 11.4 Å². The molecule has 226 valence electrons. The maximum atomic E-state index is 14.8. The quantitative estimate of drug-likeness (QED) is 0.294. The molecule has 1 aliphatic carbocycles. The van der Waals surface area contributed by atoms with E-state index in [1.165, 1.54) is 0 Å². The second kappa shape index (κ2) is 12.1. The molecule has 44 heavy (non-hydrogen) atoms. The SMILES string of the molecule is CCOC(=O)[C@@H]1C(=O)C2=C([C@H](C(=O)OCC)[C@H]1c1ccccc1)[C@H]1C(C)=NN(c3ccccc3)[C@@H]1N[C@@H]2c1ccc(O)cc1. The van der Waals surface area contributed by atoms with Crippen molar-refractivity contribution in [3.8, 4) is 5.75 Å².